The number of hydrogen-bond acceptors (Lipinski definition) is 6. The van der Waals surface area contributed by atoms with Crippen molar-refractivity contribution in [2.75, 3.05) is 25.5 Å². The first-order chi connectivity index (χ1) is 9.76. The van der Waals surface area contributed by atoms with Gasteiger partial charge in [0.25, 0.3) is 0 Å². The van der Waals surface area contributed by atoms with Crippen LogP contribution in [0.3, 0.4) is 0 Å². The zero-order chi connectivity index (χ0) is 13.9. The third-order valence-electron chi connectivity index (χ3n) is 4.28. The number of nitrogens with one attached hydrogen (secondary N) is 1. The van der Waals surface area contributed by atoms with Crippen LogP contribution < -0.4 is 5.32 Å². The molecule has 0 aliphatic carbocycles. The highest BCUT2D eigenvalue weighted by Gasteiger charge is 2.37. The Morgan fingerprint density at radius 1 is 1.55 bits per heavy atom. The maximum atomic E-state index is 11.1. The number of carbonyl (C=O) groups is 1. The zero-order valence-corrected chi connectivity index (χ0v) is 12.6. The van der Waals surface area contributed by atoms with E-state index >= 15 is 0 Å². The average molecular weight is 295 g/mol. The summed E-state index contributed by atoms with van der Waals surface area (Å²) in [6, 6.07) is 1.23. The van der Waals surface area contributed by atoms with Crippen LogP contribution in [0, 0.1) is 0 Å². The van der Waals surface area contributed by atoms with Crippen molar-refractivity contribution >= 4 is 22.4 Å². The van der Waals surface area contributed by atoms with E-state index in [2.05, 4.69) is 19.9 Å². The summed E-state index contributed by atoms with van der Waals surface area (Å²) >= 11 is 1.64. The van der Waals surface area contributed by atoms with Gasteiger partial charge in [0.05, 0.1) is 19.2 Å². The summed E-state index contributed by atoms with van der Waals surface area (Å²) in [5.41, 5.74) is 0.976. The third-order valence-corrected chi connectivity index (χ3v) is 5.10. The number of anilines is 1. The number of ether oxygens (including phenoxy) is 1. The lowest BCUT2D eigenvalue weighted by molar-refractivity contribution is -0.140. The molecule has 3 heterocycles. The predicted molar refractivity (Wildman–Crippen MR) is 79.1 cm³/mol. The normalized spacial score (nSPS) is 25.6. The number of esters is 1. The van der Waals surface area contributed by atoms with Gasteiger partial charge in [-0.3, -0.25) is 9.69 Å². The summed E-state index contributed by atoms with van der Waals surface area (Å²) in [7, 11) is 1.42. The fraction of sp³-hybridized carbons (Fsp3) is 0.714. The molecule has 0 radical (unpaired) electrons. The monoisotopic (exact) mass is 295 g/mol. The molecule has 2 saturated heterocycles. The van der Waals surface area contributed by atoms with Gasteiger partial charge in [0, 0.05) is 30.4 Å². The van der Waals surface area contributed by atoms with Crippen LogP contribution in [0.2, 0.25) is 0 Å². The lowest BCUT2D eigenvalue weighted by Gasteiger charge is -2.20. The number of methoxy groups -OCH3 is 1. The molecule has 5 nitrogen and oxygen atoms in total. The minimum atomic E-state index is -0.176. The molecule has 2 unspecified atom stereocenters. The molecule has 0 aromatic carbocycles. The predicted octanol–water partition coefficient (Wildman–Crippen LogP) is 1.90. The van der Waals surface area contributed by atoms with E-state index in [9.17, 15) is 4.79 Å². The molecule has 110 valence electrons. The van der Waals surface area contributed by atoms with Gasteiger partial charge in [0.1, 0.15) is 0 Å². The van der Waals surface area contributed by atoms with Crippen molar-refractivity contribution in [3.05, 3.63) is 11.1 Å². The number of hydrogen-bond donors (Lipinski definition) is 1. The number of carbonyl (C=O) groups excluding carboxylic acids is 1. The van der Waals surface area contributed by atoms with Crippen molar-refractivity contribution in [3.8, 4) is 0 Å². The molecule has 0 spiro atoms. The van der Waals surface area contributed by atoms with Crippen molar-refractivity contribution < 1.29 is 9.53 Å². The van der Waals surface area contributed by atoms with E-state index in [1.54, 1.807) is 11.3 Å². The second-order valence-corrected chi connectivity index (χ2v) is 6.36. The van der Waals surface area contributed by atoms with Crippen molar-refractivity contribution in [2.45, 2.75) is 44.2 Å². The molecule has 0 bridgehead atoms. The Balaban J connectivity index is 1.53. The average Bonchev–Trinajstić information content (AvgIpc) is 3.15. The number of thiazole rings is 1. The first kappa shape index (κ1) is 13.8. The molecule has 20 heavy (non-hydrogen) atoms. The Hall–Kier alpha value is -1.14. The van der Waals surface area contributed by atoms with Crippen LogP contribution in [0.1, 0.15) is 31.4 Å². The van der Waals surface area contributed by atoms with Gasteiger partial charge < -0.3 is 10.1 Å². The van der Waals surface area contributed by atoms with Crippen LogP contribution in [-0.4, -0.2) is 48.1 Å². The molecule has 3 rings (SSSR count). The van der Waals surface area contributed by atoms with Crippen molar-refractivity contribution in [3.63, 3.8) is 0 Å². The van der Waals surface area contributed by atoms with Crippen LogP contribution in [0.15, 0.2) is 5.38 Å². The second kappa shape index (κ2) is 6.10. The summed E-state index contributed by atoms with van der Waals surface area (Å²) in [4.78, 5) is 18.3. The topological polar surface area (TPSA) is 54.5 Å². The van der Waals surface area contributed by atoms with Gasteiger partial charge >= 0.3 is 5.97 Å². The lowest BCUT2D eigenvalue weighted by atomic mass is 10.1. The molecule has 0 amide bonds. The van der Waals surface area contributed by atoms with E-state index in [-0.39, 0.29) is 5.97 Å². The highest BCUT2D eigenvalue weighted by Crippen LogP contribution is 2.30. The first-order valence-corrected chi connectivity index (χ1v) is 8.16. The van der Waals surface area contributed by atoms with Crippen LogP contribution in [0.25, 0.3) is 0 Å². The second-order valence-electron chi connectivity index (χ2n) is 5.51. The van der Waals surface area contributed by atoms with Crippen LogP contribution in [-0.2, 0) is 16.0 Å². The lowest BCUT2D eigenvalue weighted by Crippen LogP contribution is -2.33. The SMILES string of the molecule is COC(=O)CCc1csc(NC2CCN3CCCC23)n1. The van der Waals surface area contributed by atoms with E-state index in [0.717, 1.165) is 10.8 Å². The number of rotatable bonds is 5. The van der Waals surface area contributed by atoms with Gasteiger partial charge in [0.2, 0.25) is 0 Å². The standard InChI is InChI=1S/C14H21N3O2S/c1-19-13(18)5-4-10-9-20-14(15-10)16-11-6-8-17-7-2-3-12(11)17/h9,11-12H,2-8H2,1H3,(H,15,16). The van der Waals surface area contributed by atoms with Crippen molar-refractivity contribution in [2.24, 2.45) is 0 Å². The number of nitrogens with zero attached hydrogens (tertiary/aromatic N) is 2. The van der Waals surface area contributed by atoms with Crippen molar-refractivity contribution in [1.82, 2.24) is 9.88 Å². The zero-order valence-electron chi connectivity index (χ0n) is 11.8. The Labute approximate surface area is 123 Å². The molecule has 1 N–H and O–H groups in total. The van der Waals surface area contributed by atoms with Crippen molar-refractivity contribution in [1.29, 1.82) is 0 Å². The summed E-state index contributed by atoms with van der Waals surface area (Å²) in [6.07, 6.45) is 4.90. The molecule has 6 heteroatoms. The largest absolute Gasteiger partial charge is 0.469 e. The molecule has 2 aliphatic heterocycles. The minimum absolute atomic E-state index is 0.176. The van der Waals surface area contributed by atoms with E-state index in [1.807, 2.05) is 5.38 Å². The number of aromatic nitrogens is 1. The van der Waals surface area contributed by atoms with Gasteiger partial charge in [-0.05, 0) is 25.8 Å². The summed E-state index contributed by atoms with van der Waals surface area (Å²) < 4.78 is 4.65. The Morgan fingerprint density at radius 2 is 2.45 bits per heavy atom. The molecular weight excluding hydrogens is 274 g/mol. The van der Waals surface area contributed by atoms with E-state index in [4.69, 9.17) is 0 Å². The molecular formula is C14H21N3O2S. The fourth-order valence-electron chi connectivity index (χ4n) is 3.23. The van der Waals surface area contributed by atoms with Gasteiger partial charge in [-0.25, -0.2) is 4.98 Å². The third kappa shape index (κ3) is 2.96. The van der Waals surface area contributed by atoms with E-state index in [1.165, 1.54) is 39.5 Å². The van der Waals surface area contributed by atoms with Gasteiger partial charge in [-0.2, -0.15) is 0 Å². The smallest absolute Gasteiger partial charge is 0.305 e. The van der Waals surface area contributed by atoms with Crippen LogP contribution in [0.5, 0.6) is 0 Å². The summed E-state index contributed by atoms with van der Waals surface area (Å²) in [6.45, 7) is 2.47. The van der Waals surface area contributed by atoms with Gasteiger partial charge in [-0.1, -0.05) is 0 Å². The van der Waals surface area contributed by atoms with Gasteiger partial charge in [0.15, 0.2) is 5.13 Å². The highest BCUT2D eigenvalue weighted by atomic mass is 32.1. The quantitative estimate of drug-likeness (QED) is 0.841. The van der Waals surface area contributed by atoms with E-state index in [0.29, 0.717) is 24.9 Å². The molecule has 0 saturated carbocycles. The number of fused-ring (bicyclic) bond motifs is 1. The Bertz CT molecular complexity index is 477. The minimum Gasteiger partial charge on any atom is -0.469 e. The van der Waals surface area contributed by atoms with Crippen LogP contribution in [0.4, 0.5) is 5.13 Å². The molecule has 2 atom stereocenters. The molecule has 2 fully saturated rings. The summed E-state index contributed by atoms with van der Waals surface area (Å²) in [5, 5.41) is 6.61. The maximum absolute atomic E-state index is 11.1. The Morgan fingerprint density at radius 3 is 3.30 bits per heavy atom. The molecule has 1 aromatic rings. The Kier molecular flexibility index (Phi) is 4.21. The first-order valence-electron chi connectivity index (χ1n) is 7.28. The fourth-order valence-corrected chi connectivity index (χ4v) is 4.04. The maximum Gasteiger partial charge on any atom is 0.305 e. The highest BCUT2D eigenvalue weighted by molar-refractivity contribution is 7.13. The van der Waals surface area contributed by atoms with E-state index < -0.39 is 0 Å². The molecule has 1 aromatic heterocycles. The van der Waals surface area contributed by atoms with Crippen LogP contribution >= 0.6 is 11.3 Å². The number of aryl methyl sites for hydroxylation is 1. The molecule has 2 aliphatic rings. The summed E-state index contributed by atoms with van der Waals surface area (Å²) in [5.74, 6) is -0.176. The van der Waals surface area contributed by atoms with Gasteiger partial charge in [-0.15, -0.1) is 11.3 Å².